The number of hydrogen-bond acceptors (Lipinski definition) is 1. The highest BCUT2D eigenvalue weighted by Gasteiger charge is 2.53. The summed E-state index contributed by atoms with van der Waals surface area (Å²) in [6, 6.07) is 8.72. The van der Waals surface area contributed by atoms with Gasteiger partial charge >= 0.3 is 0 Å². The van der Waals surface area contributed by atoms with E-state index in [4.69, 9.17) is 0 Å². The van der Waals surface area contributed by atoms with E-state index in [1.807, 2.05) is 0 Å². The largest absolute Gasteiger partial charge is 0.349 e. The Bertz CT molecular complexity index is 491. The number of allylic oxidation sites excluding steroid dienone is 1. The molecule has 0 unspecified atom stereocenters. The molecule has 2 nitrogen and oxygen atoms in total. The molecule has 1 amide bonds. The number of fused-ring (bicyclic) bond motifs is 2. The average molecular weight is 197 g/mol. The summed E-state index contributed by atoms with van der Waals surface area (Å²) in [5.41, 5.74) is 2.74. The van der Waals surface area contributed by atoms with E-state index in [1.54, 1.807) is 0 Å². The van der Waals surface area contributed by atoms with E-state index in [9.17, 15) is 4.79 Å². The zero-order valence-corrected chi connectivity index (χ0v) is 8.18. The van der Waals surface area contributed by atoms with Crippen LogP contribution in [0, 0.1) is 5.92 Å². The van der Waals surface area contributed by atoms with Gasteiger partial charge in [-0.3, -0.25) is 4.79 Å². The molecule has 1 N–H and O–H groups in total. The van der Waals surface area contributed by atoms with Crippen molar-refractivity contribution in [2.24, 2.45) is 5.92 Å². The van der Waals surface area contributed by atoms with E-state index in [0.717, 1.165) is 0 Å². The summed E-state index contributed by atoms with van der Waals surface area (Å²) in [7, 11) is 0. The fourth-order valence-corrected chi connectivity index (χ4v) is 3.45. The van der Waals surface area contributed by atoms with Gasteiger partial charge in [0.05, 0.1) is 12.0 Å². The number of hydrogen-bond donors (Lipinski definition) is 1. The van der Waals surface area contributed by atoms with Gasteiger partial charge in [-0.05, 0) is 11.1 Å². The van der Waals surface area contributed by atoms with Crippen LogP contribution in [0.5, 0.6) is 0 Å². The SMILES string of the molecule is O=C1N[C@H]2C=C[C@@H]3c4ccccc4[C@@H]2[C@H]13. The molecule has 2 heteroatoms. The van der Waals surface area contributed by atoms with Gasteiger partial charge in [-0.25, -0.2) is 0 Å². The molecule has 0 saturated carbocycles. The smallest absolute Gasteiger partial charge is 0.225 e. The Labute approximate surface area is 88.0 Å². The van der Waals surface area contributed by atoms with E-state index >= 15 is 0 Å². The normalized spacial score (nSPS) is 39.1. The van der Waals surface area contributed by atoms with Crippen LogP contribution >= 0.6 is 0 Å². The van der Waals surface area contributed by atoms with Crippen LogP contribution in [-0.4, -0.2) is 11.9 Å². The maximum absolute atomic E-state index is 11.8. The van der Waals surface area contributed by atoms with Crippen molar-refractivity contribution in [1.29, 1.82) is 0 Å². The first kappa shape index (κ1) is 7.69. The number of carbonyl (C=O) groups excluding carboxylic acids is 1. The summed E-state index contributed by atoms with van der Waals surface area (Å²) >= 11 is 0. The van der Waals surface area contributed by atoms with Crippen LogP contribution in [-0.2, 0) is 4.79 Å². The van der Waals surface area contributed by atoms with Crippen molar-refractivity contribution in [3.05, 3.63) is 47.5 Å². The van der Waals surface area contributed by atoms with Crippen LogP contribution in [0.2, 0.25) is 0 Å². The second-order valence-electron chi connectivity index (χ2n) is 4.63. The second kappa shape index (κ2) is 2.32. The minimum Gasteiger partial charge on any atom is -0.349 e. The Hall–Kier alpha value is -1.57. The molecule has 4 rings (SSSR count). The molecular weight excluding hydrogens is 186 g/mol. The highest BCUT2D eigenvalue weighted by atomic mass is 16.2. The molecule has 0 aromatic heterocycles. The summed E-state index contributed by atoms with van der Waals surface area (Å²) in [4.78, 5) is 11.8. The molecule has 2 aliphatic carbocycles. The Balaban J connectivity index is 2.01. The number of benzene rings is 1. The minimum atomic E-state index is 0.164. The van der Waals surface area contributed by atoms with E-state index in [0.29, 0.717) is 11.8 Å². The van der Waals surface area contributed by atoms with Crippen LogP contribution in [0.3, 0.4) is 0 Å². The fraction of sp³-hybridized carbons (Fsp3) is 0.308. The van der Waals surface area contributed by atoms with Crippen LogP contribution < -0.4 is 5.32 Å². The summed E-state index contributed by atoms with van der Waals surface area (Å²) in [5, 5.41) is 3.06. The Morgan fingerprint density at radius 1 is 1.00 bits per heavy atom. The standard InChI is InChI=1S/C13H11NO/c15-13-12-9-5-6-10(14-13)11(12)8-4-2-1-3-7(8)9/h1-6,9-12H,(H,14,15)/t9-,10+,11+,12-/m1/s1. The third kappa shape index (κ3) is 0.751. The Morgan fingerprint density at radius 2 is 1.80 bits per heavy atom. The molecule has 1 heterocycles. The van der Waals surface area contributed by atoms with Crippen molar-refractivity contribution < 1.29 is 4.79 Å². The van der Waals surface area contributed by atoms with E-state index < -0.39 is 0 Å². The first-order valence-electron chi connectivity index (χ1n) is 5.44. The van der Waals surface area contributed by atoms with E-state index in [1.165, 1.54) is 11.1 Å². The van der Waals surface area contributed by atoms with Crippen molar-refractivity contribution in [2.75, 3.05) is 0 Å². The predicted molar refractivity (Wildman–Crippen MR) is 56.5 cm³/mol. The molecule has 4 bridgehead atoms. The molecule has 1 aromatic carbocycles. The summed E-state index contributed by atoms with van der Waals surface area (Å²) < 4.78 is 0. The first-order valence-corrected chi connectivity index (χ1v) is 5.44. The number of amides is 1. The summed E-state index contributed by atoms with van der Waals surface area (Å²) in [6.07, 6.45) is 4.37. The molecule has 74 valence electrons. The molecule has 4 atom stereocenters. The van der Waals surface area contributed by atoms with E-state index in [2.05, 4.69) is 41.7 Å². The lowest BCUT2D eigenvalue weighted by Crippen LogP contribution is -2.25. The molecule has 1 aromatic rings. The van der Waals surface area contributed by atoms with Gasteiger partial charge in [0.15, 0.2) is 0 Å². The van der Waals surface area contributed by atoms with Crippen LogP contribution in [0.1, 0.15) is 23.0 Å². The lowest BCUT2D eigenvalue weighted by molar-refractivity contribution is -0.122. The lowest BCUT2D eigenvalue weighted by Gasteiger charge is -2.19. The molecule has 0 radical (unpaired) electrons. The van der Waals surface area contributed by atoms with Crippen LogP contribution in [0.25, 0.3) is 0 Å². The molecule has 1 fully saturated rings. The number of rotatable bonds is 0. The van der Waals surface area contributed by atoms with Gasteiger partial charge < -0.3 is 5.32 Å². The molecular formula is C13H11NO. The number of carbonyl (C=O) groups is 1. The van der Waals surface area contributed by atoms with Gasteiger partial charge in [-0.15, -0.1) is 0 Å². The maximum atomic E-state index is 11.8. The quantitative estimate of drug-likeness (QED) is 0.628. The molecule has 1 aliphatic heterocycles. The predicted octanol–water partition coefficient (Wildman–Crippen LogP) is 1.55. The van der Waals surface area contributed by atoms with Crippen LogP contribution in [0.4, 0.5) is 0 Å². The summed E-state index contributed by atoms with van der Waals surface area (Å²) in [6.45, 7) is 0. The zero-order chi connectivity index (χ0) is 9.99. The lowest BCUT2D eigenvalue weighted by atomic mass is 9.82. The third-order valence-electron chi connectivity index (χ3n) is 4.01. The Morgan fingerprint density at radius 3 is 2.67 bits per heavy atom. The summed E-state index contributed by atoms with van der Waals surface area (Å²) in [5.74, 6) is 1.11. The minimum absolute atomic E-state index is 0.164. The van der Waals surface area contributed by atoms with Crippen LogP contribution in [0.15, 0.2) is 36.4 Å². The van der Waals surface area contributed by atoms with Gasteiger partial charge in [0.2, 0.25) is 5.91 Å². The molecule has 1 saturated heterocycles. The molecule has 0 spiro atoms. The monoisotopic (exact) mass is 197 g/mol. The molecule has 15 heavy (non-hydrogen) atoms. The maximum Gasteiger partial charge on any atom is 0.225 e. The highest BCUT2D eigenvalue weighted by molar-refractivity contribution is 5.87. The second-order valence-corrected chi connectivity index (χ2v) is 4.63. The van der Waals surface area contributed by atoms with Crippen molar-refractivity contribution in [1.82, 2.24) is 5.32 Å². The van der Waals surface area contributed by atoms with Crippen molar-refractivity contribution in [3.8, 4) is 0 Å². The zero-order valence-electron chi connectivity index (χ0n) is 8.18. The highest BCUT2D eigenvalue weighted by Crippen LogP contribution is 2.54. The van der Waals surface area contributed by atoms with Gasteiger partial charge in [0.25, 0.3) is 0 Å². The van der Waals surface area contributed by atoms with E-state index in [-0.39, 0.29) is 17.9 Å². The van der Waals surface area contributed by atoms with Crippen molar-refractivity contribution in [3.63, 3.8) is 0 Å². The van der Waals surface area contributed by atoms with Crippen molar-refractivity contribution in [2.45, 2.75) is 17.9 Å². The average Bonchev–Trinajstić information content (AvgIpc) is 2.64. The first-order chi connectivity index (χ1) is 7.36. The van der Waals surface area contributed by atoms with Gasteiger partial charge in [0, 0.05) is 11.8 Å². The number of nitrogens with one attached hydrogen (secondary N) is 1. The third-order valence-corrected chi connectivity index (χ3v) is 4.01. The topological polar surface area (TPSA) is 29.1 Å². The Kier molecular flexibility index (Phi) is 1.19. The molecule has 3 aliphatic rings. The van der Waals surface area contributed by atoms with Gasteiger partial charge in [-0.1, -0.05) is 36.4 Å². The van der Waals surface area contributed by atoms with Crippen molar-refractivity contribution >= 4 is 5.91 Å². The fourth-order valence-electron chi connectivity index (χ4n) is 3.45. The van der Waals surface area contributed by atoms with Gasteiger partial charge in [0.1, 0.15) is 0 Å². The van der Waals surface area contributed by atoms with Gasteiger partial charge in [-0.2, -0.15) is 0 Å².